The number of nitrogens with zero attached hydrogens (tertiary/aromatic N) is 1. The first-order valence-electron chi connectivity index (χ1n) is 8.12. The number of aliphatic hydroxyl groups is 1. The molecule has 0 bridgehead atoms. The van der Waals surface area contributed by atoms with Crippen LogP contribution in [0.3, 0.4) is 0 Å². The molecule has 134 valence electrons. The molecule has 0 saturated carbocycles. The maximum Gasteiger partial charge on any atom is 0.407 e. The zero-order chi connectivity index (χ0) is 17.5. The van der Waals surface area contributed by atoms with Crippen molar-refractivity contribution in [1.82, 2.24) is 10.2 Å². The molecule has 24 heavy (non-hydrogen) atoms. The summed E-state index contributed by atoms with van der Waals surface area (Å²) in [7, 11) is 3.22. The van der Waals surface area contributed by atoms with Gasteiger partial charge >= 0.3 is 6.09 Å². The SMILES string of the molecule is COc1ccc(CNCC(O)C2CCN(C(=O)O)CC2)c(OC)c1. The van der Waals surface area contributed by atoms with Gasteiger partial charge in [-0.15, -0.1) is 0 Å². The largest absolute Gasteiger partial charge is 0.497 e. The van der Waals surface area contributed by atoms with Crippen molar-refractivity contribution >= 4 is 6.09 Å². The van der Waals surface area contributed by atoms with E-state index >= 15 is 0 Å². The highest BCUT2D eigenvalue weighted by Crippen LogP contribution is 2.25. The second kappa shape index (κ2) is 8.75. The van der Waals surface area contributed by atoms with E-state index in [-0.39, 0.29) is 5.92 Å². The van der Waals surface area contributed by atoms with Crippen LogP contribution in [0.25, 0.3) is 0 Å². The molecule has 1 heterocycles. The molecule has 0 radical (unpaired) electrons. The Morgan fingerprint density at radius 1 is 1.33 bits per heavy atom. The summed E-state index contributed by atoms with van der Waals surface area (Å²) in [5, 5.41) is 22.5. The standard InChI is InChI=1S/C17H26N2O5/c1-23-14-4-3-13(16(9-14)24-2)10-18-11-15(20)12-5-7-19(8-6-12)17(21)22/h3-4,9,12,15,18,20H,5-8,10-11H2,1-2H3,(H,21,22). The Morgan fingerprint density at radius 3 is 2.62 bits per heavy atom. The van der Waals surface area contributed by atoms with Crippen LogP contribution in [-0.4, -0.2) is 61.2 Å². The van der Waals surface area contributed by atoms with Gasteiger partial charge in [0.25, 0.3) is 0 Å². The number of rotatable bonds is 7. The maximum atomic E-state index is 10.9. The highest BCUT2D eigenvalue weighted by atomic mass is 16.5. The molecular formula is C17H26N2O5. The topological polar surface area (TPSA) is 91.3 Å². The number of hydrogen-bond donors (Lipinski definition) is 3. The summed E-state index contributed by atoms with van der Waals surface area (Å²) in [6.07, 6.45) is 0.0278. The highest BCUT2D eigenvalue weighted by Gasteiger charge is 2.26. The first kappa shape index (κ1) is 18.4. The summed E-state index contributed by atoms with van der Waals surface area (Å²) in [5.41, 5.74) is 0.992. The predicted octanol–water partition coefficient (Wildman–Crippen LogP) is 1.54. The molecule has 7 heteroatoms. The fourth-order valence-electron chi connectivity index (χ4n) is 2.99. The Labute approximate surface area is 142 Å². The zero-order valence-corrected chi connectivity index (χ0v) is 14.2. The molecule has 7 nitrogen and oxygen atoms in total. The van der Waals surface area contributed by atoms with Crippen LogP contribution in [0.5, 0.6) is 11.5 Å². The number of piperidine rings is 1. The lowest BCUT2D eigenvalue weighted by Crippen LogP contribution is -2.43. The Hall–Kier alpha value is -1.99. The van der Waals surface area contributed by atoms with Crippen LogP contribution in [0.1, 0.15) is 18.4 Å². The van der Waals surface area contributed by atoms with Crippen molar-refractivity contribution in [3.05, 3.63) is 23.8 Å². The van der Waals surface area contributed by atoms with Crippen molar-refractivity contribution in [3.8, 4) is 11.5 Å². The number of amides is 1. The van der Waals surface area contributed by atoms with E-state index in [0.717, 1.165) is 17.1 Å². The molecule has 1 aliphatic heterocycles. The van der Waals surface area contributed by atoms with Crippen molar-refractivity contribution < 1.29 is 24.5 Å². The van der Waals surface area contributed by atoms with Crippen LogP contribution in [0.4, 0.5) is 4.79 Å². The van der Waals surface area contributed by atoms with Gasteiger partial charge in [-0.1, -0.05) is 6.07 Å². The van der Waals surface area contributed by atoms with Gasteiger partial charge in [-0.05, 0) is 24.8 Å². The number of hydrogen-bond acceptors (Lipinski definition) is 5. The third-order valence-corrected chi connectivity index (χ3v) is 4.52. The summed E-state index contributed by atoms with van der Waals surface area (Å²) in [6.45, 7) is 2.03. The van der Waals surface area contributed by atoms with E-state index in [1.54, 1.807) is 14.2 Å². The van der Waals surface area contributed by atoms with E-state index in [2.05, 4.69) is 5.32 Å². The molecule has 1 aromatic rings. The lowest BCUT2D eigenvalue weighted by molar-refractivity contribution is 0.0577. The fourth-order valence-corrected chi connectivity index (χ4v) is 2.99. The first-order valence-corrected chi connectivity index (χ1v) is 8.12. The van der Waals surface area contributed by atoms with Gasteiger partial charge in [-0.2, -0.15) is 0 Å². The minimum atomic E-state index is -0.882. The molecule has 1 atom stereocenters. The lowest BCUT2D eigenvalue weighted by Gasteiger charge is -2.32. The van der Waals surface area contributed by atoms with E-state index < -0.39 is 12.2 Å². The molecule has 1 unspecified atom stereocenters. The van der Waals surface area contributed by atoms with Crippen LogP contribution in [-0.2, 0) is 6.54 Å². The Morgan fingerprint density at radius 2 is 2.04 bits per heavy atom. The molecule has 1 fully saturated rings. The number of ether oxygens (including phenoxy) is 2. The average Bonchev–Trinajstić information content (AvgIpc) is 2.61. The molecule has 0 aromatic heterocycles. The van der Waals surface area contributed by atoms with E-state index in [1.807, 2.05) is 18.2 Å². The van der Waals surface area contributed by atoms with Crippen molar-refractivity contribution in [1.29, 1.82) is 0 Å². The minimum absolute atomic E-state index is 0.130. The third-order valence-electron chi connectivity index (χ3n) is 4.52. The van der Waals surface area contributed by atoms with Gasteiger partial charge in [0.05, 0.1) is 20.3 Å². The molecular weight excluding hydrogens is 312 g/mol. The number of benzene rings is 1. The summed E-state index contributed by atoms with van der Waals surface area (Å²) in [6, 6.07) is 5.63. The highest BCUT2D eigenvalue weighted by molar-refractivity contribution is 5.64. The fraction of sp³-hybridized carbons (Fsp3) is 0.588. The molecule has 1 amide bonds. The van der Waals surface area contributed by atoms with Crippen molar-refractivity contribution in [3.63, 3.8) is 0 Å². The van der Waals surface area contributed by atoms with Gasteiger partial charge in [0.1, 0.15) is 11.5 Å². The van der Waals surface area contributed by atoms with E-state index in [0.29, 0.717) is 39.0 Å². The molecule has 3 N–H and O–H groups in total. The number of aliphatic hydroxyl groups excluding tert-OH is 1. The third kappa shape index (κ3) is 4.75. The van der Waals surface area contributed by atoms with Gasteiger partial charge in [0.2, 0.25) is 0 Å². The number of carboxylic acid groups (broad SMARTS) is 1. The number of nitrogens with one attached hydrogen (secondary N) is 1. The Balaban J connectivity index is 1.79. The Kier molecular flexibility index (Phi) is 6.69. The molecule has 2 rings (SSSR count). The number of likely N-dealkylation sites (tertiary alicyclic amines) is 1. The van der Waals surface area contributed by atoms with Gasteiger partial charge in [0, 0.05) is 37.8 Å². The van der Waals surface area contributed by atoms with Gasteiger partial charge in [0.15, 0.2) is 0 Å². The second-order valence-corrected chi connectivity index (χ2v) is 5.98. The van der Waals surface area contributed by atoms with E-state index in [4.69, 9.17) is 14.6 Å². The molecule has 1 saturated heterocycles. The number of methoxy groups -OCH3 is 2. The van der Waals surface area contributed by atoms with E-state index in [9.17, 15) is 9.90 Å². The maximum absolute atomic E-state index is 10.9. The zero-order valence-electron chi connectivity index (χ0n) is 14.2. The van der Waals surface area contributed by atoms with Crippen LogP contribution >= 0.6 is 0 Å². The summed E-state index contributed by atoms with van der Waals surface area (Å²) >= 11 is 0. The van der Waals surface area contributed by atoms with Crippen molar-refractivity contribution in [2.45, 2.75) is 25.5 Å². The smallest absolute Gasteiger partial charge is 0.407 e. The van der Waals surface area contributed by atoms with Crippen LogP contribution in [0, 0.1) is 5.92 Å². The minimum Gasteiger partial charge on any atom is -0.497 e. The van der Waals surface area contributed by atoms with Crippen LogP contribution < -0.4 is 14.8 Å². The monoisotopic (exact) mass is 338 g/mol. The van der Waals surface area contributed by atoms with E-state index in [1.165, 1.54) is 4.90 Å². The predicted molar refractivity (Wildman–Crippen MR) is 89.6 cm³/mol. The van der Waals surface area contributed by atoms with Gasteiger partial charge in [-0.3, -0.25) is 0 Å². The molecule has 0 aliphatic carbocycles. The quantitative estimate of drug-likeness (QED) is 0.699. The van der Waals surface area contributed by atoms with Crippen LogP contribution in [0.15, 0.2) is 18.2 Å². The van der Waals surface area contributed by atoms with Gasteiger partial charge < -0.3 is 29.9 Å². The molecule has 1 aliphatic rings. The lowest BCUT2D eigenvalue weighted by atomic mass is 9.91. The van der Waals surface area contributed by atoms with Crippen molar-refractivity contribution in [2.24, 2.45) is 5.92 Å². The summed E-state index contributed by atoms with van der Waals surface area (Å²) in [5.74, 6) is 1.61. The summed E-state index contributed by atoms with van der Waals surface area (Å²) in [4.78, 5) is 12.3. The van der Waals surface area contributed by atoms with Crippen LogP contribution in [0.2, 0.25) is 0 Å². The van der Waals surface area contributed by atoms with Gasteiger partial charge in [-0.25, -0.2) is 4.79 Å². The first-order chi connectivity index (χ1) is 11.5. The molecule has 1 aromatic carbocycles. The second-order valence-electron chi connectivity index (χ2n) is 5.98. The summed E-state index contributed by atoms with van der Waals surface area (Å²) < 4.78 is 10.5. The average molecular weight is 338 g/mol. The Bertz CT molecular complexity index is 544. The normalized spacial score (nSPS) is 16.7. The van der Waals surface area contributed by atoms with Crippen molar-refractivity contribution in [2.75, 3.05) is 33.9 Å². The number of carbonyl (C=O) groups is 1. The molecule has 0 spiro atoms.